The summed E-state index contributed by atoms with van der Waals surface area (Å²) in [5.74, 6) is -0.0812. The lowest BCUT2D eigenvalue weighted by Crippen LogP contribution is -2.60. The quantitative estimate of drug-likeness (QED) is 0.747. The number of piperidine rings is 1. The molecule has 2 saturated heterocycles. The van der Waals surface area contributed by atoms with Crippen LogP contribution < -0.4 is 5.32 Å². The summed E-state index contributed by atoms with van der Waals surface area (Å²) in [5, 5.41) is 12.7. The number of nitrogens with zero attached hydrogens (tertiary/aromatic N) is 3. The molecule has 2 amide bonds. The van der Waals surface area contributed by atoms with Crippen molar-refractivity contribution in [2.75, 3.05) is 26.2 Å². The number of aromatic amines is 1. The van der Waals surface area contributed by atoms with Crippen LogP contribution in [0.1, 0.15) is 42.5 Å². The third-order valence-corrected chi connectivity index (χ3v) is 5.39. The zero-order chi connectivity index (χ0) is 18.0. The molecule has 8 nitrogen and oxygen atoms in total. The zero-order valence-corrected chi connectivity index (χ0v) is 15.1. The largest absolute Gasteiger partial charge is 0.465 e. The van der Waals surface area contributed by atoms with Gasteiger partial charge in [0.2, 0.25) is 0 Å². The highest BCUT2D eigenvalue weighted by Crippen LogP contribution is 2.22. The molecule has 25 heavy (non-hydrogen) atoms. The minimum absolute atomic E-state index is 0.00706. The van der Waals surface area contributed by atoms with Gasteiger partial charge in [-0.25, -0.2) is 9.78 Å². The van der Waals surface area contributed by atoms with Crippen LogP contribution in [-0.4, -0.2) is 75.1 Å². The maximum absolute atomic E-state index is 12.6. The van der Waals surface area contributed by atoms with E-state index in [1.54, 1.807) is 0 Å². The molecule has 0 unspecified atom stereocenters. The van der Waals surface area contributed by atoms with Crippen LogP contribution in [0.3, 0.4) is 0 Å². The van der Waals surface area contributed by atoms with E-state index >= 15 is 0 Å². The Morgan fingerprint density at radius 1 is 1.36 bits per heavy atom. The monoisotopic (exact) mass is 369 g/mol. The van der Waals surface area contributed by atoms with Crippen LogP contribution in [0.25, 0.3) is 0 Å². The molecule has 2 atom stereocenters. The number of H-pyrrole nitrogens is 1. The Bertz CT molecular complexity index is 644. The molecule has 9 heteroatoms. The molecular formula is C16H24ClN5O3. The number of carbonyl (C=O) groups excluding carboxylic acids is 1. The Labute approximate surface area is 151 Å². The molecule has 2 aliphatic rings. The van der Waals surface area contributed by atoms with Gasteiger partial charge >= 0.3 is 6.09 Å². The Hall–Kier alpha value is -1.80. The molecule has 1 aromatic heterocycles. The predicted octanol–water partition coefficient (Wildman–Crippen LogP) is 1.57. The molecule has 0 bridgehead atoms. The second-order valence-corrected chi connectivity index (χ2v) is 6.97. The standard InChI is InChI=1S/C16H24ClN5O3/c1-2-10-13(17)20-14(18-10)15(23)19-11-5-8-22(16(24)25)9-12(11)21-6-3-4-7-21/h11-12H,2-9H2,1H3,(H,18,20)(H,19,23)(H,24,25)/t11-,12-/m0/s1. The van der Waals surface area contributed by atoms with Crippen molar-refractivity contribution in [1.29, 1.82) is 0 Å². The van der Waals surface area contributed by atoms with E-state index in [4.69, 9.17) is 11.6 Å². The van der Waals surface area contributed by atoms with Crippen LogP contribution in [0, 0.1) is 0 Å². The lowest BCUT2D eigenvalue weighted by molar-refractivity contribution is 0.0675. The Kier molecular flexibility index (Phi) is 5.48. The van der Waals surface area contributed by atoms with Crippen molar-refractivity contribution in [2.24, 2.45) is 0 Å². The number of rotatable bonds is 4. The Balaban J connectivity index is 1.71. The summed E-state index contributed by atoms with van der Waals surface area (Å²) in [5.41, 5.74) is 0.739. The summed E-state index contributed by atoms with van der Waals surface area (Å²) >= 11 is 6.02. The molecule has 2 aliphatic heterocycles. The average Bonchev–Trinajstić information content (AvgIpc) is 3.24. The molecule has 0 aromatic carbocycles. The number of hydrogen-bond acceptors (Lipinski definition) is 4. The predicted molar refractivity (Wildman–Crippen MR) is 93.0 cm³/mol. The fraction of sp³-hybridized carbons (Fsp3) is 0.688. The van der Waals surface area contributed by atoms with Crippen LogP contribution in [0.2, 0.25) is 5.15 Å². The number of imidazole rings is 1. The second-order valence-electron chi connectivity index (χ2n) is 6.62. The average molecular weight is 370 g/mol. The topological polar surface area (TPSA) is 102 Å². The van der Waals surface area contributed by atoms with Crippen molar-refractivity contribution < 1.29 is 14.7 Å². The van der Waals surface area contributed by atoms with Gasteiger partial charge in [-0.3, -0.25) is 9.69 Å². The lowest BCUT2D eigenvalue weighted by Gasteiger charge is -2.42. The maximum Gasteiger partial charge on any atom is 0.407 e. The van der Waals surface area contributed by atoms with Gasteiger partial charge in [-0.05, 0) is 38.8 Å². The molecule has 138 valence electrons. The number of aromatic nitrogens is 2. The van der Waals surface area contributed by atoms with E-state index < -0.39 is 6.09 Å². The van der Waals surface area contributed by atoms with Crippen molar-refractivity contribution in [3.63, 3.8) is 0 Å². The first-order valence-electron chi connectivity index (χ1n) is 8.76. The number of carbonyl (C=O) groups is 2. The summed E-state index contributed by atoms with van der Waals surface area (Å²) in [6.45, 7) is 4.66. The molecule has 3 N–H and O–H groups in total. The van der Waals surface area contributed by atoms with E-state index in [1.807, 2.05) is 6.92 Å². The van der Waals surface area contributed by atoms with Crippen molar-refractivity contribution >= 4 is 23.6 Å². The lowest BCUT2D eigenvalue weighted by atomic mass is 9.98. The molecule has 1 aromatic rings. The van der Waals surface area contributed by atoms with Crippen molar-refractivity contribution in [2.45, 2.75) is 44.7 Å². The van der Waals surface area contributed by atoms with Crippen molar-refractivity contribution in [1.82, 2.24) is 25.1 Å². The highest BCUT2D eigenvalue weighted by molar-refractivity contribution is 6.30. The van der Waals surface area contributed by atoms with E-state index in [1.165, 1.54) is 4.90 Å². The molecular weight excluding hydrogens is 346 g/mol. The van der Waals surface area contributed by atoms with Gasteiger partial charge in [-0.1, -0.05) is 18.5 Å². The summed E-state index contributed by atoms with van der Waals surface area (Å²) in [6.07, 6.45) is 2.58. The van der Waals surface area contributed by atoms with Gasteiger partial charge in [0, 0.05) is 25.2 Å². The van der Waals surface area contributed by atoms with Gasteiger partial charge in [0.25, 0.3) is 5.91 Å². The van der Waals surface area contributed by atoms with Gasteiger partial charge in [-0.15, -0.1) is 0 Å². The molecule has 2 fully saturated rings. The van der Waals surface area contributed by atoms with Crippen LogP contribution in [0.5, 0.6) is 0 Å². The third kappa shape index (κ3) is 3.90. The number of hydrogen-bond donors (Lipinski definition) is 3. The Morgan fingerprint density at radius 3 is 2.68 bits per heavy atom. The number of likely N-dealkylation sites (tertiary alicyclic amines) is 2. The highest BCUT2D eigenvalue weighted by Gasteiger charge is 2.37. The maximum atomic E-state index is 12.6. The number of amides is 2. The molecule has 0 spiro atoms. The van der Waals surface area contributed by atoms with Crippen LogP contribution >= 0.6 is 11.6 Å². The number of carboxylic acid groups (broad SMARTS) is 1. The first-order chi connectivity index (χ1) is 12.0. The first kappa shape index (κ1) is 18.0. The number of halogens is 1. The van der Waals surface area contributed by atoms with Gasteiger partial charge in [0.15, 0.2) is 11.0 Å². The minimum Gasteiger partial charge on any atom is -0.465 e. The van der Waals surface area contributed by atoms with E-state index in [0.717, 1.165) is 31.6 Å². The van der Waals surface area contributed by atoms with Crippen molar-refractivity contribution in [3.05, 3.63) is 16.7 Å². The summed E-state index contributed by atoms with van der Waals surface area (Å²) in [6, 6.07) is -0.109. The van der Waals surface area contributed by atoms with Gasteiger partial charge < -0.3 is 20.3 Å². The fourth-order valence-electron chi connectivity index (χ4n) is 3.68. The highest BCUT2D eigenvalue weighted by atomic mass is 35.5. The smallest absolute Gasteiger partial charge is 0.407 e. The van der Waals surface area contributed by atoms with E-state index in [2.05, 4.69) is 20.2 Å². The third-order valence-electron chi connectivity index (χ3n) is 5.08. The molecule has 0 aliphatic carbocycles. The molecule has 0 radical (unpaired) electrons. The van der Waals surface area contributed by atoms with Crippen LogP contribution in [-0.2, 0) is 6.42 Å². The first-order valence-corrected chi connectivity index (χ1v) is 9.14. The van der Waals surface area contributed by atoms with E-state index in [9.17, 15) is 14.7 Å². The molecule has 3 heterocycles. The van der Waals surface area contributed by atoms with E-state index in [0.29, 0.717) is 31.1 Å². The Morgan fingerprint density at radius 2 is 2.08 bits per heavy atom. The minimum atomic E-state index is -0.903. The number of aryl methyl sites for hydroxylation is 1. The second kappa shape index (κ2) is 7.61. The SMILES string of the molecule is CCc1[nH]c(C(=O)N[C@H]2CCN(C(=O)O)C[C@@H]2N2CCCC2)nc1Cl. The normalized spacial score (nSPS) is 24.5. The molecule has 3 rings (SSSR count). The van der Waals surface area contributed by atoms with Gasteiger partial charge in [-0.2, -0.15) is 0 Å². The van der Waals surface area contributed by atoms with Gasteiger partial charge in [0.05, 0.1) is 5.69 Å². The zero-order valence-electron chi connectivity index (χ0n) is 14.3. The fourth-order valence-corrected chi connectivity index (χ4v) is 3.95. The van der Waals surface area contributed by atoms with Crippen LogP contribution in [0.4, 0.5) is 4.79 Å². The van der Waals surface area contributed by atoms with E-state index in [-0.39, 0.29) is 23.8 Å². The molecule has 0 saturated carbocycles. The summed E-state index contributed by atoms with van der Waals surface area (Å²) in [7, 11) is 0. The summed E-state index contributed by atoms with van der Waals surface area (Å²) in [4.78, 5) is 34.7. The van der Waals surface area contributed by atoms with Crippen molar-refractivity contribution in [3.8, 4) is 0 Å². The van der Waals surface area contributed by atoms with Gasteiger partial charge in [0.1, 0.15) is 0 Å². The summed E-state index contributed by atoms with van der Waals surface area (Å²) < 4.78 is 0. The number of nitrogens with one attached hydrogen (secondary N) is 2. The van der Waals surface area contributed by atoms with Crippen LogP contribution in [0.15, 0.2) is 0 Å².